The van der Waals surface area contributed by atoms with Crippen molar-refractivity contribution in [2.45, 2.75) is 110 Å². The van der Waals surface area contributed by atoms with Crippen LogP contribution < -0.4 is 10.6 Å². The largest absolute Gasteiger partial charge is 0.377 e. The highest BCUT2D eigenvalue weighted by atomic mass is 31.0. The molecule has 186 valence electrons. The van der Waals surface area contributed by atoms with Crippen molar-refractivity contribution >= 4 is 9.24 Å². The van der Waals surface area contributed by atoms with Crippen LogP contribution in [0.3, 0.4) is 0 Å². The monoisotopic (exact) mass is 467 g/mol. The van der Waals surface area contributed by atoms with Crippen LogP contribution in [0, 0.1) is 23.2 Å². The Labute approximate surface area is 199 Å². The fourth-order valence-corrected chi connectivity index (χ4v) is 6.84. The number of nitrogens with one attached hydrogen (secondary N) is 2. The van der Waals surface area contributed by atoms with Crippen LogP contribution in [-0.2, 0) is 0 Å². The zero-order chi connectivity index (χ0) is 23.7. The van der Waals surface area contributed by atoms with Gasteiger partial charge in [0.25, 0.3) is 0 Å². The summed E-state index contributed by atoms with van der Waals surface area (Å²) in [5.74, 6) is 1.83. The van der Waals surface area contributed by atoms with Crippen molar-refractivity contribution in [2.75, 3.05) is 19.6 Å². The minimum Gasteiger partial charge on any atom is -0.377 e. The first kappa shape index (κ1) is 26.6. The zero-order valence-electron chi connectivity index (χ0n) is 21.4. The number of hydrogen-bond donors (Lipinski definition) is 4. The topological polar surface area (TPSA) is 67.8 Å². The van der Waals surface area contributed by atoms with E-state index in [4.69, 9.17) is 0 Å². The predicted molar refractivity (Wildman–Crippen MR) is 137 cm³/mol. The lowest BCUT2D eigenvalue weighted by Crippen LogP contribution is -2.64. The van der Waals surface area contributed by atoms with Gasteiger partial charge in [-0.05, 0) is 66.5 Å². The fraction of sp³-hybridized carbons (Fsp3) is 0.923. The summed E-state index contributed by atoms with van der Waals surface area (Å²) in [5, 5.41) is 29.3. The van der Waals surface area contributed by atoms with E-state index in [0.29, 0.717) is 12.6 Å². The third-order valence-corrected chi connectivity index (χ3v) is 10.5. The number of piperidine rings is 1. The van der Waals surface area contributed by atoms with Crippen molar-refractivity contribution in [2.24, 2.45) is 23.2 Å². The average molecular weight is 468 g/mol. The number of nitrogens with zero attached hydrogens (tertiary/aromatic N) is 1. The van der Waals surface area contributed by atoms with Gasteiger partial charge >= 0.3 is 0 Å². The number of aliphatic hydroxyl groups is 2. The molecule has 3 aliphatic rings. The van der Waals surface area contributed by atoms with Crippen molar-refractivity contribution in [3.8, 4) is 0 Å². The Hall–Kier alpha value is -0.0300. The van der Waals surface area contributed by atoms with Gasteiger partial charge in [0.15, 0.2) is 0 Å². The predicted octanol–water partition coefficient (Wildman–Crippen LogP) is 3.72. The van der Waals surface area contributed by atoms with Crippen LogP contribution in [0.15, 0.2) is 11.6 Å². The summed E-state index contributed by atoms with van der Waals surface area (Å²) >= 11 is 0. The molecule has 0 aromatic heterocycles. The second-order valence-electron chi connectivity index (χ2n) is 12.2. The number of aliphatic hydroxyl groups excluding tert-OH is 2. The first-order chi connectivity index (χ1) is 14.9. The summed E-state index contributed by atoms with van der Waals surface area (Å²) in [7, 11) is 3.29. The van der Waals surface area contributed by atoms with Crippen LogP contribution in [0.2, 0.25) is 0 Å². The first-order valence-electron chi connectivity index (χ1n) is 13.0. The molecule has 0 radical (unpaired) electrons. The lowest BCUT2D eigenvalue weighted by atomic mass is 9.62. The number of rotatable bonds is 7. The molecule has 6 atom stereocenters. The van der Waals surface area contributed by atoms with Crippen LogP contribution in [0.5, 0.6) is 0 Å². The minimum absolute atomic E-state index is 0.105. The van der Waals surface area contributed by atoms with E-state index in [1.807, 2.05) is 0 Å². The molecule has 0 aromatic rings. The fourth-order valence-electron chi connectivity index (χ4n) is 6.28. The summed E-state index contributed by atoms with van der Waals surface area (Å²) in [5.41, 5.74) is 1.09. The standard InChI is InChI=1S/C26H50N3O2P/c1-17(2)22(28-23(30)20-10-9-19(4)27-15-20)24(31)29-14-13-26(32,25(5,6)16-29)21-11-7-18(3)8-12-21/h10,17-19,21-24,27-28,30-31H,7-9,11-16,32H2,1-6H3/t18?,19-,21?,22+,23?,24?,26?/m0/s1. The maximum atomic E-state index is 11.5. The molecule has 0 aromatic carbocycles. The summed E-state index contributed by atoms with van der Waals surface area (Å²) in [6.45, 7) is 16.1. The van der Waals surface area contributed by atoms with Crippen LogP contribution in [0.4, 0.5) is 0 Å². The Bertz CT molecular complexity index is 647. The van der Waals surface area contributed by atoms with Crippen molar-refractivity contribution in [3.05, 3.63) is 11.6 Å². The highest BCUT2D eigenvalue weighted by Gasteiger charge is 2.51. The molecule has 2 fully saturated rings. The number of likely N-dealkylation sites (tertiary alicyclic amines) is 1. The minimum atomic E-state index is -0.722. The van der Waals surface area contributed by atoms with E-state index in [-0.39, 0.29) is 22.5 Å². The van der Waals surface area contributed by atoms with Gasteiger partial charge in [0.1, 0.15) is 12.5 Å². The smallest absolute Gasteiger partial charge is 0.128 e. The maximum Gasteiger partial charge on any atom is 0.128 e. The molecular formula is C26H50N3O2P. The van der Waals surface area contributed by atoms with Crippen LogP contribution in [0.25, 0.3) is 0 Å². The molecule has 0 bridgehead atoms. The lowest BCUT2D eigenvalue weighted by Gasteiger charge is -2.57. The molecule has 6 heteroatoms. The van der Waals surface area contributed by atoms with Gasteiger partial charge in [0, 0.05) is 25.7 Å². The lowest BCUT2D eigenvalue weighted by molar-refractivity contribution is -0.0925. The van der Waals surface area contributed by atoms with Gasteiger partial charge in [-0.3, -0.25) is 10.2 Å². The quantitative estimate of drug-likeness (QED) is 0.261. The Morgan fingerprint density at radius 2 is 1.81 bits per heavy atom. The summed E-state index contributed by atoms with van der Waals surface area (Å²) in [6.07, 6.45) is 8.21. The van der Waals surface area contributed by atoms with Crippen molar-refractivity contribution < 1.29 is 10.2 Å². The van der Waals surface area contributed by atoms with Gasteiger partial charge in [-0.1, -0.05) is 53.5 Å². The molecule has 1 saturated carbocycles. The van der Waals surface area contributed by atoms with Gasteiger partial charge in [-0.25, -0.2) is 0 Å². The molecule has 32 heavy (non-hydrogen) atoms. The summed E-state index contributed by atoms with van der Waals surface area (Å²) in [4.78, 5) is 2.26. The van der Waals surface area contributed by atoms with Crippen molar-refractivity contribution in [3.63, 3.8) is 0 Å². The molecule has 2 heterocycles. The molecule has 4 N–H and O–H groups in total. The molecular weight excluding hydrogens is 417 g/mol. The van der Waals surface area contributed by atoms with E-state index in [0.717, 1.165) is 43.3 Å². The molecule has 0 amide bonds. The van der Waals surface area contributed by atoms with Crippen LogP contribution >= 0.6 is 9.24 Å². The average Bonchev–Trinajstić information content (AvgIpc) is 2.74. The van der Waals surface area contributed by atoms with Gasteiger partial charge in [0.2, 0.25) is 0 Å². The highest BCUT2D eigenvalue weighted by Crippen LogP contribution is 2.54. The number of hydrogen-bond acceptors (Lipinski definition) is 5. The summed E-state index contributed by atoms with van der Waals surface area (Å²) in [6, 6.07) is 0.265. The molecule has 1 saturated heterocycles. The molecule has 2 aliphatic heterocycles. The van der Waals surface area contributed by atoms with E-state index < -0.39 is 12.5 Å². The highest BCUT2D eigenvalue weighted by molar-refractivity contribution is 7.19. The van der Waals surface area contributed by atoms with Gasteiger partial charge in [-0.15, -0.1) is 9.24 Å². The first-order valence-corrected chi connectivity index (χ1v) is 13.6. The van der Waals surface area contributed by atoms with E-state index in [1.165, 1.54) is 25.7 Å². The van der Waals surface area contributed by atoms with Crippen molar-refractivity contribution in [1.29, 1.82) is 0 Å². The van der Waals surface area contributed by atoms with E-state index >= 15 is 0 Å². The summed E-state index contributed by atoms with van der Waals surface area (Å²) < 4.78 is 0. The maximum absolute atomic E-state index is 11.5. The van der Waals surface area contributed by atoms with Crippen molar-refractivity contribution in [1.82, 2.24) is 15.5 Å². The Morgan fingerprint density at radius 1 is 1.16 bits per heavy atom. The second-order valence-corrected chi connectivity index (χ2v) is 13.2. The molecule has 3 rings (SSSR count). The molecule has 1 aliphatic carbocycles. The van der Waals surface area contributed by atoms with Gasteiger partial charge in [0.05, 0.1) is 6.04 Å². The second kappa shape index (κ2) is 10.7. The van der Waals surface area contributed by atoms with Gasteiger partial charge in [-0.2, -0.15) is 0 Å². The van der Waals surface area contributed by atoms with E-state index in [1.54, 1.807) is 0 Å². The molecule has 5 nitrogen and oxygen atoms in total. The third kappa shape index (κ3) is 5.78. The van der Waals surface area contributed by atoms with E-state index in [2.05, 4.69) is 72.4 Å². The van der Waals surface area contributed by atoms with E-state index in [9.17, 15) is 10.2 Å². The SMILES string of the molecule is CC1CCC(C2(P)CCN(C(O)[C@H](NC(O)C3=CC[C@H](C)NC3)C(C)C)CC2(C)C)CC1. The third-order valence-electron chi connectivity index (χ3n) is 8.92. The molecule has 0 spiro atoms. The normalized spacial score (nSPS) is 37.1. The Morgan fingerprint density at radius 3 is 2.34 bits per heavy atom. The van der Waals surface area contributed by atoms with Crippen LogP contribution in [0.1, 0.15) is 80.1 Å². The molecule has 4 unspecified atom stereocenters. The zero-order valence-corrected chi connectivity index (χ0v) is 22.6. The Balaban J connectivity index is 1.66. The van der Waals surface area contributed by atoms with Gasteiger partial charge < -0.3 is 15.5 Å². The Kier molecular flexibility index (Phi) is 8.89. The van der Waals surface area contributed by atoms with Crippen LogP contribution in [-0.4, -0.2) is 64.4 Å².